The van der Waals surface area contributed by atoms with Crippen molar-refractivity contribution < 1.29 is 4.79 Å². The van der Waals surface area contributed by atoms with Gasteiger partial charge in [0, 0.05) is 18.0 Å². The summed E-state index contributed by atoms with van der Waals surface area (Å²) in [6, 6.07) is 3.63. The van der Waals surface area contributed by atoms with E-state index in [9.17, 15) is 4.79 Å². The number of aromatic nitrogens is 3. The molecule has 0 atom stereocenters. The standard InChI is InChI=1S/C14H12N6OS/c1-8-10-12(15)17-7-18-14(10)22-11(8)13(21)20-19-6-9-3-2-4-16-5-9/h2-7H,1H3,(H,20,21)(H2,15,17,18)/b19-6-. The zero-order chi connectivity index (χ0) is 15.5. The number of pyridine rings is 1. The third-order valence-electron chi connectivity index (χ3n) is 3.03. The van der Waals surface area contributed by atoms with Crippen molar-refractivity contribution in [3.05, 3.63) is 46.9 Å². The third kappa shape index (κ3) is 2.63. The number of hydrogen-bond acceptors (Lipinski definition) is 7. The molecule has 3 rings (SSSR count). The number of carbonyl (C=O) groups excluding carboxylic acids is 1. The number of nitrogens with two attached hydrogens (primary N) is 1. The molecule has 22 heavy (non-hydrogen) atoms. The fraction of sp³-hybridized carbons (Fsp3) is 0.0714. The number of rotatable bonds is 3. The number of nitrogens with one attached hydrogen (secondary N) is 1. The van der Waals surface area contributed by atoms with Crippen LogP contribution in [0.3, 0.4) is 0 Å². The van der Waals surface area contributed by atoms with Crippen molar-refractivity contribution >= 4 is 39.5 Å². The number of amides is 1. The molecule has 0 unspecified atom stereocenters. The van der Waals surface area contributed by atoms with Crippen LogP contribution in [-0.4, -0.2) is 27.1 Å². The Labute approximate surface area is 129 Å². The topological polar surface area (TPSA) is 106 Å². The van der Waals surface area contributed by atoms with E-state index in [2.05, 4.69) is 25.5 Å². The maximum absolute atomic E-state index is 12.2. The van der Waals surface area contributed by atoms with Gasteiger partial charge in [0.2, 0.25) is 0 Å². The van der Waals surface area contributed by atoms with Crippen LogP contribution in [0.25, 0.3) is 10.2 Å². The summed E-state index contributed by atoms with van der Waals surface area (Å²) < 4.78 is 0. The van der Waals surface area contributed by atoms with Crippen LogP contribution in [0.2, 0.25) is 0 Å². The smallest absolute Gasteiger partial charge is 0.281 e. The van der Waals surface area contributed by atoms with Gasteiger partial charge in [0.1, 0.15) is 17.0 Å². The first-order chi connectivity index (χ1) is 10.7. The van der Waals surface area contributed by atoms with Crippen LogP contribution < -0.4 is 11.2 Å². The number of hydrogen-bond donors (Lipinski definition) is 2. The van der Waals surface area contributed by atoms with E-state index >= 15 is 0 Å². The predicted molar refractivity (Wildman–Crippen MR) is 85.9 cm³/mol. The van der Waals surface area contributed by atoms with Gasteiger partial charge < -0.3 is 5.73 Å². The molecule has 3 aromatic heterocycles. The van der Waals surface area contributed by atoms with Crippen molar-refractivity contribution in [1.82, 2.24) is 20.4 Å². The fourth-order valence-corrected chi connectivity index (χ4v) is 3.03. The van der Waals surface area contributed by atoms with E-state index in [1.807, 2.05) is 13.0 Å². The highest BCUT2D eigenvalue weighted by Gasteiger charge is 2.17. The molecule has 0 saturated heterocycles. The van der Waals surface area contributed by atoms with E-state index in [1.54, 1.807) is 18.5 Å². The molecule has 0 spiro atoms. The molecule has 0 saturated carbocycles. The van der Waals surface area contributed by atoms with E-state index in [0.717, 1.165) is 11.1 Å². The Hall–Kier alpha value is -2.87. The summed E-state index contributed by atoms with van der Waals surface area (Å²) in [5.41, 5.74) is 9.88. The minimum atomic E-state index is -0.306. The van der Waals surface area contributed by atoms with Crippen LogP contribution in [0.5, 0.6) is 0 Å². The summed E-state index contributed by atoms with van der Waals surface area (Å²) in [4.78, 5) is 25.5. The molecule has 1 amide bonds. The molecule has 0 aromatic carbocycles. The second-order valence-electron chi connectivity index (χ2n) is 4.48. The van der Waals surface area contributed by atoms with Gasteiger partial charge in [-0.05, 0) is 18.6 Å². The van der Waals surface area contributed by atoms with Crippen molar-refractivity contribution in [2.45, 2.75) is 6.92 Å². The lowest BCUT2D eigenvalue weighted by molar-refractivity contribution is 0.0958. The first kappa shape index (κ1) is 14.1. The molecule has 7 nitrogen and oxygen atoms in total. The highest BCUT2D eigenvalue weighted by atomic mass is 32.1. The second-order valence-corrected chi connectivity index (χ2v) is 5.48. The molecule has 0 aliphatic rings. The van der Waals surface area contributed by atoms with Crippen molar-refractivity contribution in [2.24, 2.45) is 5.10 Å². The minimum absolute atomic E-state index is 0.306. The Morgan fingerprint density at radius 3 is 3.05 bits per heavy atom. The van der Waals surface area contributed by atoms with Gasteiger partial charge in [-0.15, -0.1) is 11.3 Å². The molecule has 0 radical (unpaired) electrons. The number of hydrazone groups is 1. The summed E-state index contributed by atoms with van der Waals surface area (Å²) in [7, 11) is 0. The number of anilines is 1. The van der Waals surface area contributed by atoms with Gasteiger partial charge in [0.15, 0.2) is 0 Å². The van der Waals surface area contributed by atoms with Gasteiger partial charge in [-0.25, -0.2) is 15.4 Å². The zero-order valence-electron chi connectivity index (χ0n) is 11.6. The Kier molecular flexibility index (Phi) is 3.75. The molecule has 0 fully saturated rings. The Morgan fingerprint density at radius 1 is 1.45 bits per heavy atom. The Balaban J connectivity index is 1.82. The lowest BCUT2D eigenvalue weighted by Gasteiger charge is -1.98. The normalized spacial score (nSPS) is 11.1. The van der Waals surface area contributed by atoms with Gasteiger partial charge in [0.05, 0.1) is 16.5 Å². The van der Waals surface area contributed by atoms with Gasteiger partial charge in [-0.2, -0.15) is 5.10 Å². The zero-order valence-corrected chi connectivity index (χ0v) is 12.5. The van der Waals surface area contributed by atoms with E-state index in [0.29, 0.717) is 20.9 Å². The molecule has 0 aliphatic carbocycles. The van der Waals surface area contributed by atoms with Crippen LogP contribution in [-0.2, 0) is 0 Å². The van der Waals surface area contributed by atoms with Crippen LogP contribution >= 0.6 is 11.3 Å². The second kappa shape index (κ2) is 5.86. The van der Waals surface area contributed by atoms with E-state index in [-0.39, 0.29) is 5.91 Å². The summed E-state index contributed by atoms with van der Waals surface area (Å²) >= 11 is 1.26. The molecular weight excluding hydrogens is 300 g/mol. The van der Waals surface area contributed by atoms with Gasteiger partial charge in [0.25, 0.3) is 5.91 Å². The number of thiophene rings is 1. The van der Waals surface area contributed by atoms with Gasteiger partial charge >= 0.3 is 0 Å². The van der Waals surface area contributed by atoms with Crippen molar-refractivity contribution in [1.29, 1.82) is 0 Å². The maximum Gasteiger partial charge on any atom is 0.281 e. The molecule has 110 valence electrons. The Morgan fingerprint density at radius 2 is 2.32 bits per heavy atom. The first-order valence-corrected chi connectivity index (χ1v) is 7.21. The molecule has 3 aromatic rings. The fourth-order valence-electron chi connectivity index (χ4n) is 1.98. The maximum atomic E-state index is 12.2. The summed E-state index contributed by atoms with van der Waals surface area (Å²) in [6.45, 7) is 1.82. The highest BCUT2D eigenvalue weighted by Crippen LogP contribution is 2.31. The monoisotopic (exact) mass is 312 g/mol. The Bertz CT molecular complexity index is 858. The van der Waals surface area contributed by atoms with E-state index in [4.69, 9.17) is 5.73 Å². The SMILES string of the molecule is Cc1c(C(=O)N/N=C\c2cccnc2)sc2ncnc(N)c12. The number of aryl methyl sites for hydroxylation is 1. The highest BCUT2D eigenvalue weighted by molar-refractivity contribution is 7.20. The lowest BCUT2D eigenvalue weighted by atomic mass is 10.2. The van der Waals surface area contributed by atoms with Crippen molar-refractivity contribution in [2.75, 3.05) is 5.73 Å². The molecule has 0 aliphatic heterocycles. The largest absolute Gasteiger partial charge is 0.383 e. The first-order valence-electron chi connectivity index (χ1n) is 6.40. The third-order valence-corrected chi connectivity index (χ3v) is 4.23. The van der Waals surface area contributed by atoms with Crippen LogP contribution in [0, 0.1) is 6.92 Å². The van der Waals surface area contributed by atoms with Crippen LogP contribution in [0.15, 0.2) is 36.0 Å². The molecule has 3 heterocycles. The van der Waals surface area contributed by atoms with Crippen LogP contribution in [0.4, 0.5) is 5.82 Å². The van der Waals surface area contributed by atoms with Crippen molar-refractivity contribution in [3.63, 3.8) is 0 Å². The number of nitrogens with zero attached hydrogens (tertiary/aromatic N) is 4. The average Bonchev–Trinajstić information content (AvgIpc) is 2.87. The summed E-state index contributed by atoms with van der Waals surface area (Å²) in [5, 5.41) is 4.64. The molecule has 3 N–H and O–H groups in total. The van der Waals surface area contributed by atoms with Gasteiger partial charge in [-0.3, -0.25) is 9.78 Å². The van der Waals surface area contributed by atoms with E-state index in [1.165, 1.54) is 23.9 Å². The molecule has 8 heteroatoms. The number of fused-ring (bicyclic) bond motifs is 1. The number of carbonyl (C=O) groups is 1. The lowest BCUT2D eigenvalue weighted by Crippen LogP contribution is -2.17. The molecule has 0 bridgehead atoms. The predicted octanol–water partition coefficient (Wildman–Crippen LogP) is 1.74. The van der Waals surface area contributed by atoms with E-state index < -0.39 is 0 Å². The molecular formula is C14H12N6OS. The van der Waals surface area contributed by atoms with Crippen LogP contribution in [0.1, 0.15) is 20.8 Å². The summed E-state index contributed by atoms with van der Waals surface area (Å²) in [5.74, 6) is 0.0664. The minimum Gasteiger partial charge on any atom is -0.383 e. The van der Waals surface area contributed by atoms with Crippen molar-refractivity contribution in [3.8, 4) is 0 Å². The quantitative estimate of drug-likeness (QED) is 0.566. The number of nitrogen functional groups attached to an aromatic ring is 1. The summed E-state index contributed by atoms with van der Waals surface area (Å²) in [6.07, 6.45) is 6.23. The van der Waals surface area contributed by atoms with Gasteiger partial charge in [-0.1, -0.05) is 6.07 Å². The average molecular weight is 312 g/mol.